The summed E-state index contributed by atoms with van der Waals surface area (Å²) in [6, 6.07) is 49.0. The van der Waals surface area contributed by atoms with Crippen molar-refractivity contribution in [2.45, 2.75) is 0 Å². The number of rotatable bonds is 5. The average Bonchev–Trinajstić information content (AvgIpc) is 3.57. The van der Waals surface area contributed by atoms with Gasteiger partial charge in [0.1, 0.15) is 0 Å². The summed E-state index contributed by atoms with van der Waals surface area (Å²) >= 11 is 1.66. The lowest BCUT2D eigenvalue weighted by molar-refractivity contribution is 1.19. The molecule has 3 heteroatoms. The fraction of sp³-hybridized carbons (Fsp3) is 0. The zero-order valence-corrected chi connectivity index (χ0v) is 22.0. The van der Waals surface area contributed by atoms with Crippen molar-refractivity contribution < 1.29 is 0 Å². The van der Waals surface area contributed by atoms with Gasteiger partial charge in [0.25, 0.3) is 0 Å². The first kappa shape index (κ1) is 23.3. The fourth-order valence-corrected chi connectivity index (χ4v) is 5.70. The monoisotopic (exact) mass is 516 g/mol. The Morgan fingerprint density at radius 1 is 0.436 bits per heavy atom. The highest BCUT2D eigenvalue weighted by atomic mass is 32.1. The van der Waals surface area contributed by atoms with E-state index < -0.39 is 0 Å². The molecule has 0 spiro atoms. The maximum atomic E-state index is 5.03. The maximum Gasteiger partial charge on any atom is 0.170 e. The molecule has 0 saturated carbocycles. The van der Waals surface area contributed by atoms with Crippen LogP contribution < -0.4 is 0 Å². The summed E-state index contributed by atoms with van der Waals surface area (Å²) in [5, 5.41) is 4.56. The first-order chi connectivity index (χ1) is 19.3. The molecule has 7 rings (SSSR count). The minimum atomic E-state index is 0.750. The Labute approximate surface area is 231 Å². The molecule has 0 aliphatic heterocycles. The normalized spacial score (nSPS) is 11.1. The van der Waals surface area contributed by atoms with Gasteiger partial charge in [-0.25, -0.2) is 9.97 Å². The number of aromatic nitrogens is 2. The number of nitrogens with zero attached hydrogens (tertiary/aromatic N) is 2. The van der Waals surface area contributed by atoms with Gasteiger partial charge in [-0.15, -0.1) is 11.3 Å². The first-order valence-corrected chi connectivity index (χ1v) is 13.9. The maximum absolute atomic E-state index is 5.03. The molecule has 0 aliphatic rings. The summed E-state index contributed by atoms with van der Waals surface area (Å²) in [6.07, 6.45) is 0. The van der Waals surface area contributed by atoms with Crippen LogP contribution in [0.2, 0.25) is 0 Å². The molecule has 7 aromatic rings. The third kappa shape index (κ3) is 4.65. The predicted molar refractivity (Wildman–Crippen MR) is 165 cm³/mol. The van der Waals surface area contributed by atoms with Gasteiger partial charge < -0.3 is 0 Å². The summed E-state index contributed by atoms with van der Waals surface area (Å²) in [6.45, 7) is 0. The molecule has 0 saturated heterocycles. The smallest absolute Gasteiger partial charge is 0.170 e. The van der Waals surface area contributed by atoms with Crippen molar-refractivity contribution in [3.05, 3.63) is 145 Å². The van der Waals surface area contributed by atoms with E-state index in [0.717, 1.165) is 33.2 Å². The molecule has 5 aromatic carbocycles. The molecule has 2 nitrogen and oxygen atoms in total. The first-order valence-electron chi connectivity index (χ1n) is 13.0. The van der Waals surface area contributed by atoms with E-state index in [2.05, 4.69) is 133 Å². The molecule has 0 bridgehead atoms. The van der Waals surface area contributed by atoms with Gasteiger partial charge >= 0.3 is 0 Å². The molecular weight excluding hydrogens is 492 g/mol. The van der Waals surface area contributed by atoms with Crippen LogP contribution in [-0.2, 0) is 0 Å². The van der Waals surface area contributed by atoms with Crippen molar-refractivity contribution >= 4 is 22.1 Å². The van der Waals surface area contributed by atoms with E-state index in [1.165, 1.54) is 33.0 Å². The van der Waals surface area contributed by atoms with Gasteiger partial charge in [-0.1, -0.05) is 121 Å². The Hall–Kier alpha value is -4.86. The van der Waals surface area contributed by atoms with E-state index in [-0.39, 0.29) is 0 Å². The Bertz CT molecular complexity index is 1880. The summed E-state index contributed by atoms with van der Waals surface area (Å²) in [5.74, 6) is 0.750. The van der Waals surface area contributed by atoms with Crippen molar-refractivity contribution in [3.8, 4) is 55.5 Å². The Kier molecular flexibility index (Phi) is 6.04. The van der Waals surface area contributed by atoms with Crippen molar-refractivity contribution in [2.75, 3.05) is 0 Å². The van der Waals surface area contributed by atoms with Crippen molar-refractivity contribution in [1.29, 1.82) is 0 Å². The highest BCUT2D eigenvalue weighted by Crippen LogP contribution is 2.34. The molecule has 0 unspecified atom stereocenters. The lowest BCUT2D eigenvalue weighted by Crippen LogP contribution is -1.95. The molecule has 0 atom stereocenters. The van der Waals surface area contributed by atoms with Gasteiger partial charge in [-0.3, -0.25) is 0 Å². The fourth-order valence-electron chi connectivity index (χ4n) is 5.05. The van der Waals surface area contributed by atoms with Crippen LogP contribution in [0.3, 0.4) is 0 Å². The van der Waals surface area contributed by atoms with E-state index in [1.54, 1.807) is 11.3 Å². The zero-order valence-electron chi connectivity index (χ0n) is 21.2. The third-order valence-corrected chi connectivity index (χ3v) is 7.88. The van der Waals surface area contributed by atoms with Crippen LogP contribution in [0, 0.1) is 0 Å². The van der Waals surface area contributed by atoms with Crippen LogP contribution in [-0.4, -0.2) is 9.97 Å². The minimum Gasteiger partial charge on any atom is -0.227 e. The third-order valence-electron chi connectivity index (χ3n) is 7.01. The second-order valence-electron chi connectivity index (χ2n) is 9.49. The quantitative estimate of drug-likeness (QED) is 0.227. The number of thiophene rings is 1. The van der Waals surface area contributed by atoms with Crippen molar-refractivity contribution in [1.82, 2.24) is 9.97 Å². The standard InChI is InChI=1S/C36H24N2S/c1-2-9-25(10-3-1)26-18-20-28(21-19-26)33-24-34(38-36(37-33)35-17-8-22-39-35)30-14-6-13-29(23-30)32-16-7-12-27-11-4-5-15-31(27)32/h1-24H. The molecule has 184 valence electrons. The van der Waals surface area contributed by atoms with Crippen molar-refractivity contribution in [3.63, 3.8) is 0 Å². The van der Waals surface area contributed by atoms with Crippen LogP contribution >= 0.6 is 11.3 Å². The number of fused-ring (bicyclic) bond motifs is 1. The SMILES string of the molecule is c1ccc(-c2ccc(-c3cc(-c4cccc(-c5cccc6ccccc56)c4)nc(-c4cccs4)n3)cc2)cc1. The number of hydrogen-bond donors (Lipinski definition) is 0. The second kappa shape index (κ2) is 10.1. The van der Waals surface area contributed by atoms with Crippen LogP contribution in [0.4, 0.5) is 0 Å². The van der Waals surface area contributed by atoms with E-state index in [0.29, 0.717) is 0 Å². The van der Waals surface area contributed by atoms with E-state index in [9.17, 15) is 0 Å². The summed E-state index contributed by atoms with van der Waals surface area (Å²) in [4.78, 5) is 11.1. The molecule has 0 radical (unpaired) electrons. The molecule has 2 aromatic heterocycles. The predicted octanol–water partition coefficient (Wildman–Crippen LogP) is 10.0. The lowest BCUT2D eigenvalue weighted by atomic mass is 9.96. The average molecular weight is 517 g/mol. The van der Waals surface area contributed by atoms with Crippen LogP contribution in [0.15, 0.2) is 145 Å². The summed E-state index contributed by atoms with van der Waals surface area (Å²) in [5.41, 5.74) is 8.76. The van der Waals surface area contributed by atoms with Gasteiger partial charge in [0.15, 0.2) is 5.82 Å². The zero-order chi connectivity index (χ0) is 26.0. The molecule has 0 fully saturated rings. The van der Waals surface area contributed by atoms with Crippen LogP contribution in [0.1, 0.15) is 0 Å². The van der Waals surface area contributed by atoms with E-state index >= 15 is 0 Å². The van der Waals surface area contributed by atoms with Gasteiger partial charge in [0.2, 0.25) is 0 Å². The Morgan fingerprint density at radius 3 is 1.90 bits per heavy atom. The van der Waals surface area contributed by atoms with Crippen molar-refractivity contribution in [2.24, 2.45) is 0 Å². The Balaban J connectivity index is 1.33. The highest BCUT2D eigenvalue weighted by Gasteiger charge is 2.13. The van der Waals surface area contributed by atoms with E-state index in [4.69, 9.17) is 9.97 Å². The van der Waals surface area contributed by atoms with Gasteiger partial charge in [0, 0.05) is 11.1 Å². The number of benzene rings is 5. The lowest BCUT2D eigenvalue weighted by Gasteiger charge is -2.11. The van der Waals surface area contributed by atoms with Crippen LogP contribution in [0.5, 0.6) is 0 Å². The molecule has 2 heterocycles. The number of hydrogen-bond acceptors (Lipinski definition) is 3. The Morgan fingerprint density at radius 2 is 1.08 bits per heavy atom. The topological polar surface area (TPSA) is 25.8 Å². The second-order valence-corrected chi connectivity index (χ2v) is 10.4. The largest absolute Gasteiger partial charge is 0.227 e. The summed E-state index contributed by atoms with van der Waals surface area (Å²) in [7, 11) is 0. The van der Waals surface area contributed by atoms with Gasteiger partial charge in [-0.05, 0) is 56.6 Å². The molecular formula is C36H24N2S. The molecule has 0 N–H and O–H groups in total. The molecule has 0 amide bonds. The molecule has 39 heavy (non-hydrogen) atoms. The minimum absolute atomic E-state index is 0.750. The van der Waals surface area contributed by atoms with Gasteiger partial charge in [-0.2, -0.15) is 0 Å². The molecule has 0 aliphatic carbocycles. The highest BCUT2D eigenvalue weighted by molar-refractivity contribution is 7.13. The van der Waals surface area contributed by atoms with Gasteiger partial charge in [0.05, 0.1) is 16.3 Å². The van der Waals surface area contributed by atoms with Crippen LogP contribution in [0.25, 0.3) is 66.2 Å². The van der Waals surface area contributed by atoms with E-state index in [1.807, 2.05) is 12.1 Å². The summed E-state index contributed by atoms with van der Waals surface area (Å²) < 4.78 is 0.